The zero-order valence-corrected chi connectivity index (χ0v) is 5.04. The lowest BCUT2D eigenvalue weighted by Gasteiger charge is -2.03. The van der Waals surface area contributed by atoms with Gasteiger partial charge >= 0.3 is 0 Å². The maximum atomic E-state index is 8.45. The summed E-state index contributed by atoms with van der Waals surface area (Å²) in [6, 6.07) is -0.213. The number of rotatable bonds is 3. The van der Waals surface area contributed by atoms with Gasteiger partial charge in [0.15, 0.2) is 6.04 Å². The SMILES string of the molecule is C=[N+](C)C(CO)CO. The summed E-state index contributed by atoms with van der Waals surface area (Å²) in [4.78, 5) is 0. The van der Waals surface area contributed by atoms with Crippen LogP contribution in [0.15, 0.2) is 0 Å². The monoisotopic (exact) mass is 118 g/mol. The summed E-state index contributed by atoms with van der Waals surface area (Å²) in [7, 11) is 1.71. The summed E-state index contributed by atoms with van der Waals surface area (Å²) in [5.74, 6) is 0. The molecule has 0 rings (SSSR count). The van der Waals surface area contributed by atoms with E-state index in [1.807, 2.05) is 0 Å². The molecule has 0 bridgehead atoms. The molecule has 0 aliphatic heterocycles. The van der Waals surface area contributed by atoms with E-state index in [0.717, 1.165) is 0 Å². The van der Waals surface area contributed by atoms with Gasteiger partial charge in [0, 0.05) is 0 Å². The van der Waals surface area contributed by atoms with E-state index in [1.165, 1.54) is 4.58 Å². The molecule has 3 nitrogen and oxygen atoms in total. The van der Waals surface area contributed by atoms with Gasteiger partial charge in [-0.3, -0.25) is 0 Å². The van der Waals surface area contributed by atoms with E-state index in [4.69, 9.17) is 10.2 Å². The molecule has 0 radical (unpaired) electrons. The number of aliphatic hydroxyl groups is 2. The van der Waals surface area contributed by atoms with Crippen molar-refractivity contribution < 1.29 is 14.8 Å². The third kappa shape index (κ3) is 2.04. The predicted molar refractivity (Wildman–Crippen MR) is 31.3 cm³/mol. The molecule has 0 unspecified atom stereocenters. The standard InChI is InChI=1S/C5H12NO2/c1-6(2)5(3-7)4-8/h5,7-8H,1,3-4H2,2H3/q+1. The Morgan fingerprint density at radius 3 is 1.88 bits per heavy atom. The highest BCUT2D eigenvalue weighted by atomic mass is 16.3. The smallest absolute Gasteiger partial charge is 0.197 e. The summed E-state index contributed by atoms with van der Waals surface area (Å²) in [5, 5.41) is 16.9. The van der Waals surface area contributed by atoms with E-state index < -0.39 is 0 Å². The van der Waals surface area contributed by atoms with Gasteiger partial charge in [0.2, 0.25) is 0 Å². The Morgan fingerprint density at radius 2 is 1.88 bits per heavy atom. The van der Waals surface area contributed by atoms with Gasteiger partial charge < -0.3 is 10.2 Å². The number of hydrogen-bond donors (Lipinski definition) is 2. The van der Waals surface area contributed by atoms with Crippen molar-refractivity contribution in [1.29, 1.82) is 0 Å². The van der Waals surface area contributed by atoms with E-state index in [1.54, 1.807) is 7.05 Å². The molecule has 0 saturated heterocycles. The van der Waals surface area contributed by atoms with Gasteiger partial charge in [-0.2, -0.15) is 0 Å². The van der Waals surface area contributed by atoms with Crippen molar-refractivity contribution in [1.82, 2.24) is 0 Å². The summed E-state index contributed by atoms with van der Waals surface area (Å²) in [5.41, 5.74) is 0. The number of nitrogens with zero attached hydrogens (tertiary/aromatic N) is 1. The van der Waals surface area contributed by atoms with Crippen LogP contribution in [0.4, 0.5) is 0 Å². The van der Waals surface area contributed by atoms with Crippen molar-refractivity contribution in [2.45, 2.75) is 6.04 Å². The first kappa shape index (κ1) is 7.59. The van der Waals surface area contributed by atoms with Crippen LogP contribution >= 0.6 is 0 Å². The van der Waals surface area contributed by atoms with Crippen LogP contribution in [-0.2, 0) is 0 Å². The van der Waals surface area contributed by atoms with E-state index in [9.17, 15) is 0 Å². The number of likely N-dealkylation sites (N-methyl/N-ethyl adjacent to an activating group) is 1. The highest BCUT2D eigenvalue weighted by Gasteiger charge is 2.10. The zero-order valence-electron chi connectivity index (χ0n) is 5.04. The molecule has 0 aromatic carbocycles. The molecule has 0 aromatic rings. The summed E-state index contributed by atoms with van der Waals surface area (Å²) in [6.07, 6.45) is 0. The minimum absolute atomic E-state index is 0.0451. The molecular formula is C5H12NO2+. The van der Waals surface area contributed by atoms with E-state index >= 15 is 0 Å². The van der Waals surface area contributed by atoms with Crippen LogP contribution in [0.25, 0.3) is 0 Å². The highest BCUT2D eigenvalue weighted by molar-refractivity contribution is 5.14. The lowest BCUT2D eigenvalue weighted by Crippen LogP contribution is -2.29. The molecule has 0 aliphatic carbocycles. The topological polar surface area (TPSA) is 43.5 Å². The molecule has 0 aliphatic rings. The fourth-order valence-corrected chi connectivity index (χ4v) is 0.337. The third-order valence-electron chi connectivity index (χ3n) is 1.04. The molecule has 0 fully saturated rings. The average molecular weight is 118 g/mol. The summed E-state index contributed by atoms with van der Waals surface area (Å²) in [6.45, 7) is 3.40. The molecule has 0 heterocycles. The Hall–Kier alpha value is -0.410. The normalized spacial score (nSPS) is 10.0. The van der Waals surface area contributed by atoms with Gasteiger partial charge in [-0.1, -0.05) is 0 Å². The molecule has 2 N–H and O–H groups in total. The second kappa shape index (κ2) is 3.57. The van der Waals surface area contributed by atoms with Gasteiger partial charge in [0.25, 0.3) is 0 Å². The quantitative estimate of drug-likeness (QED) is 0.356. The zero-order chi connectivity index (χ0) is 6.57. The molecule has 0 atom stereocenters. The maximum absolute atomic E-state index is 8.45. The van der Waals surface area contributed by atoms with Crippen LogP contribution in [0.1, 0.15) is 0 Å². The van der Waals surface area contributed by atoms with Crippen molar-refractivity contribution in [2.75, 3.05) is 20.3 Å². The van der Waals surface area contributed by atoms with Crippen LogP contribution in [0.2, 0.25) is 0 Å². The molecule has 0 spiro atoms. The van der Waals surface area contributed by atoms with Crippen LogP contribution in [0.3, 0.4) is 0 Å². The second-order valence-electron chi connectivity index (χ2n) is 1.78. The highest BCUT2D eigenvalue weighted by Crippen LogP contribution is 1.81. The van der Waals surface area contributed by atoms with Gasteiger partial charge in [0.1, 0.15) is 27.0 Å². The van der Waals surface area contributed by atoms with Gasteiger partial charge in [-0.25, -0.2) is 4.58 Å². The minimum atomic E-state index is -0.213. The predicted octanol–water partition coefficient (Wildman–Crippen LogP) is -1.32. The summed E-state index contributed by atoms with van der Waals surface area (Å²) >= 11 is 0. The molecular weight excluding hydrogens is 106 g/mol. The van der Waals surface area contributed by atoms with Crippen LogP contribution < -0.4 is 0 Å². The Labute approximate surface area is 48.9 Å². The second-order valence-corrected chi connectivity index (χ2v) is 1.78. The largest absolute Gasteiger partial charge is 0.389 e. The Kier molecular flexibility index (Phi) is 3.39. The number of hydrogen-bond acceptors (Lipinski definition) is 2. The van der Waals surface area contributed by atoms with E-state index in [2.05, 4.69) is 6.72 Å². The van der Waals surface area contributed by atoms with Crippen molar-refractivity contribution in [3.8, 4) is 0 Å². The average Bonchev–Trinajstić information content (AvgIpc) is 1.69. The van der Waals surface area contributed by atoms with Crippen LogP contribution in [0.5, 0.6) is 0 Å². The lowest BCUT2D eigenvalue weighted by atomic mass is 10.3. The molecule has 0 aromatic heterocycles. The molecule has 0 saturated carbocycles. The van der Waals surface area contributed by atoms with Crippen molar-refractivity contribution in [3.63, 3.8) is 0 Å². The van der Waals surface area contributed by atoms with Crippen molar-refractivity contribution in [2.24, 2.45) is 0 Å². The van der Waals surface area contributed by atoms with Crippen molar-refractivity contribution >= 4 is 6.72 Å². The first-order chi connectivity index (χ1) is 3.72. The fourth-order valence-electron chi connectivity index (χ4n) is 0.337. The third-order valence-corrected chi connectivity index (χ3v) is 1.04. The summed E-state index contributed by atoms with van der Waals surface area (Å²) < 4.78 is 1.53. The molecule has 0 amide bonds. The van der Waals surface area contributed by atoms with Gasteiger partial charge in [-0.05, 0) is 0 Å². The van der Waals surface area contributed by atoms with Crippen LogP contribution in [0, 0.1) is 0 Å². The van der Waals surface area contributed by atoms with E-state index in [-0.39, 0.29) is 19.3 Å². The first-order valence-electron chi connectivity index (χ1n) is 2.47. The molecule has 48 valence electrons. The van der Waals surface area contributed by atoms with Gasteiger partial charge in [0.05, 0.1) is 0 Å². The minimum Gasteiger partial charge on any atom is -0.389 e. The molecule has 8 heavy (non-hydrogen) atoms. The number of aliphatic hydroxyl groups excluding tert-OH is 2. The van der Waals surface area contributed by atoms with E-state index in [0.29, 0.717) is 0 Å². The Bertz CT molecular complexity index is 78.5. The van der Waals surface area contributed by atoms with Crippen LogP contribution in [-0.4, -0.2) is 47.8 Å². The molecule has 3 heteroatoms. The first-order valence-corrected chi connectivity index (χ1v) is 2.47. The fraction of sp³-hybridized carbons (Fsp3) is 0.800. The Morgan fingerprint density at radius 1 is 1.50 bits per heavy atom. The lowest BCUT2D eigenvalue weighted by molar-refractivity contribution is -0.536. The maximum Gasteiger partial charge on any atom is 0.197 e. The Balaban J connectivity index is 3.52. The van der Waals surface area contributed by atoms with Gasteiger partial charge in [-0.15, -0.1) is 0 Å². The van der Waals surface area contributed by atoms with Crippen molar-refractivity contribution in [3.05, 3.63) is 0 Å².